The number of aromatic nitrogens is 4. The summed E-state index contributed by atoms with van der Waals surface area (Å²) in [6.07, 6.45) is 5.38. The molecule has 7 heteroatoms. The Hall–Kier alpha value is -2.25. The van der Waals surface area contributed by atoms with Gasteiger partial charge in [-0.1, -0.05) is 49.0 Å². The van der Waals surface area contributed by atoms with E-state index in [0.717, 1.165) is 27.8 Å². The maximum absolute atomic E-state index is 12.4. The van der Waals surface area contributed by atoms with Crippen LogP contribution in [0.4, 0.5) is 0 Å². The number of hydrogen-bond donors (Lipinski definition) is 0. The molecule has 0 bridgehead atoms. The highest BCUT2D eigenvalue weighted by Gasteiger charge is 2.25. The van der Waals surface area contributed by atoms with Gasteiger partial charge in [-0.25, -0.2) is 4.98 Å². The lowest BCUT2D eigenvalue weighted by molar-refractivity contribution is 0.102. The molecule has 3 heterocycles. The van der Waals surface area contributed by atoms with Crippen LogP contribution in [0.3, 0.4) is 0 Å². The monoisotopic (exact) mass is 394 g/mol. The lowest BCUT2D eigenvalue weighted by Crippen LogP contribution is -2.04. The first-order valence-corrected chi connectivity index (χ1v) is 10.9. The molecule has 5 nitrogen and oxygen atoms in total. The second-order valence-corrected chi connectivity index (χ2v) is 8.94. The van der Waals surface area contributed by atoms with Gasteiger partial charge in [0, 0.05) is 10.4 Å². The Labute approximate surface area is 164 Å². The zero-order chi connectivity index (χ0) is 18.4. The molecule has 0 saturated carbocycles. The van der Waals surface area contributed by atoms with Crippen LogP contribution in [0.15, 0.2) is 41.8 Å². The zero-order valence-corrected chi connectivity index (χ0v) is 16.5. The number of fused-ring (bicyclic) bond motifs is 5. The Bertz CT molecular complexity index is 1150. The minimum Gasteiger partial charge on any atom is -0.293 e. The normalized spacial score (nSPS) is 16.7. The minimum absolute atomic E-state index is 0.0907. The molecule has 27 heavy (non-hydrogen) atoms. The van der Waals surface area contributed by atoms with Gasteiger partial charge in [0.25, 0.3) is 0 Å². The van der Waals surface area contributed by atoms with Crippen molar-refractivity contribution in [1.82, 2.24) is 19.6 Å². The molecule has 0 radical (unpaired) electrons. The van der Waals surface area contributed by atoms with Crippen molar-refractivity contribution in [1.29, 1.82) is 0 Å². The van der Waals surface area contributed by atoms with E-state index in [9.17, 15) is 4.79 Å². The quantitative estimate of drug-likeness (QED) is 0.369. The average Bonchev–Trinajstić information content (AvgIpc) is 3.28. The van der Waals surface area contributed by atoms with E-state index >= 15 is 0 Å². The molecule has 5 rings (SSSR count). The summed E-state index contributed by atoms with van der Waals surface area (Å²) in [5.74, 6) is 0.956. The van der Waals surface area contributed by atoms with Crippen LogP contribution in [-0.4, -0.2) is 31.1 Å². The van der Waals surface area contributed by atoms with Crippen LogP contribution in [0.5, 0.6) is 0 Å². The minimum atomic E-state index is 0.0907. The average molecular weight is 395 g/mol. The van der Waals surface area contributed by atoms with Crippen LogP contribution in [0, 0.1) is 0 Å². The van der Waals surface area contributed by atoms with E-state index in [0.29, 0.717) is 16.8 Å². The second kappa shape index (κ2) is 6.73. The molecule has 0 aliphatic heterocycles. The highest BCUT2D eigenvalue weighted by molar-refractivity contribution is 7.99. The third kappa shape index (κ3) is 2.85. The summed E-state index contributed by atoms with van der Waals surface area (Å²) in [6.45, 7) is 2.29. The molecule has 1 aliphatic carbocycles. The van der Waals surface area contributed by atoms with E-state index in [2.05, 4.69) is 22.1 Å². The van der Waals surface area contributed by atoms with Crippen molar-refractivity contribution in [2.45, 2.75) is 37.3 Å². The fourth-order valence-corrected chi connectivity index (χ4v) is 5.90. The first-order valence-electron chi connectivity index (χ1n) is 9.08. The Morgan fingerprint density at radius 2 is 2.15 bits per heavy atom. The van der Waals surface area contributed by atoms with Crippen molar-refractivity contribution >= 4 is 44.7 Å². The molecular formula is C20H18N4OS2. The Balaban J connectivity index is 1.51. The predicted octanol–water partition coefficient (Wildman–Crippen LogP) is 4.75. The van der Waals surface area contributed by atoms with Gasteiger partial charge in [0.2, 0.25) is 0 Å². The highest BCUT2D eigenvalue weighted by atomic mass is 32.2. The molecule has 0 amide bonds. The number of nitrogens with zero attached hydrogens (tertiary/aromatic N) is 4. The van der Waals surface area contributed by atoms with Gasteiger partial charge in [0.05, 0.1) is 11.1 Å². The maximum Gasteiger partial charge on any atom is 0.197 e. The predicted molar refractivity (Wildman–Crippen MR) is 109 cm³/mol. The van der Waals surface area contributed by atoms with Crippen molar-refractivity contribution in [2.75, 3.05) is 5.75 Å². The van der Waals surface area contributed by atoms with E-state index in [-0.39, 0.29) is 5.78 Å². The number of rotatable bonds is 4. The fraction of sp³-hybridized carbons (Fsp3) is 0.300. The molecule has 0 unspecified atom stereocenters. The number of benzene rings is 1. The van der Waals surface area contributed by atoms with Crippen LogP contribution in [0.25, 0.3) is 15.9 Å². The summed E-state index contributed by atoms with van der Waals surface area (Å²) >= 11 is 3.20. The van der Waals surface area contributed by atoms with Crippen LogP contribution < -0.4 is 0 Å². The molecule has 1 aromatic carbocycles. The molecule has 0 fully saturated rings. The molecule has 4 aromatic rings. The number of hydrogen-bond acceptors (Lipinski definition) is 6. The van der Waals surface area contributed by atoms with Gasteiger partial charge >= 0.3 is 0 Å². The van der Waals surface area contributed by atoms with E-state index in [1.165, 1.54) is 35.0 Å². The van der Waals surface area contributed by atoms with Gasteiger partial charge < -0.3 is 0 Å². The van der Waals surface area contributed by atoms with E-state index in [1.54, 1.807) is 17.7 Å². The molecule has 3 aromatic heterocycles. The largest absolute Gasteiger partial charge is 0.293 e. The SMILES string of the molecule is C[C@H]1CCCc2sc3ncn4c(SCC(=O)c5ccccc5)nnc4c3c21. The van der Waals surface area contributed by atoms with Crippen LogP contribution in [0.2, 0.25) is 0 Å². The van der Waals surface area contributed by atoms with Crippen molar-refractivity contribution in [3.8, 4) is 0 Å². The molecule has 136 valence electrons. The smallest absolute Gasteiger partial charge is 0.197 e. The number of ketones is 1. The molecule has 1 aliphatic rings. The lowest BCUT2D eigenvalue weighted by Gasteiger charge is -2.18. The van der Waals surface area contributed by atoms with Gasteiger partial charge in [-0.15, -0.1) is 21.5 Å². The third-order valence-electron chi connectivity index (χ3n) is 5.14. The maximum atomic E-state index is 12.4. The van der Waals surface area contributed by atoms with Crippen molar-refractivity contribution in [2.24, 2.45) is 0 Å². The van der Waals surface area contributed by atoms with Gasteiger partial charge in [-0.2, -0.15) is 0 Å². The summed E-state index contributed by atoms with van der Waals surface area (Å²) in [5, 5.41) is 10.7. The third-order valence-corrected chi connectivity index (χ3v) is 7.26. The first-order chi connectivity index (χ1) is 13.2. The number of Topliss-reactive ketones (excluding diaryl/α,β-unsaturated/α-hetero) is 1. The molecule has 0 spiro atoms. The Morgan fingerprint density at radius 3 is 3.00 bits per heavy atom. The number of thioether (sulfide) groups is 1. The van der Waals surface area contributed by atoms with Crippen LogP contribution >= 0.6 is 23.1 Å². The standard InChI is InChI=1S/C20H18N4OS2/c1-12-6-5-9-15-16(12)17-18-22-23-20(24(18)11-21-19(17)27-15)26-10-14(25)13-7-3-2-4-8-13/h2-4,7-8,11-12H,5-6,9-10H2,1H3/t12-/m0/s1. The molecule has 0 saturated heterocycles. The summed E-state index contributed by atoms with van der Waals surface area (Å²) in [6, 6.07) is 9.36. The van der Waals surface area contributed by atoms with Crippen molar-refractivity contribution < 1.29 is 4.79 Å². The van der Waals surface area contributed by atoms with Gasteiger partial charge in [-0.3, -0.25) is 9.20 Å². The number of carbonyl (C=O) groups excluding carboxylic acids is 1. The number of thiophene rings is 1. The van der Waals surface area contributed by atoms with Crippen molar-refractivity contribution in [3.63, 3.8) is 0 Å². The van der Waals surface area contributed by atoms with Gasteiger partial charge in [-0.05, 0) is 30.7 Å². The molecule has 1 atom stereocenters. The van der Waals surface area contributed by atoms with E-state index in [4.69, 9.17) is 0 Å². The summed E-state index contributed by atoms with van der Waals surface area (Å²) < 4.78 is 1.93. The van der Waals surface area contributed by atoms with Crippen LogP contribution in [0.1, 0.15) is 46.5 Å². The van der Waals surface area contributed by atoms with Crippen LogP contribution in [-0.2, 0) is 6.42 Å². The highest BCUT2D eigenvalue weighted by Crippen LogP contribution is 2.42. The van der Waals surface area contributed by atoms with E-state index < -0.39 is 0 Å². The first kappa shape index (κ1) is 16.9. The van der Waals surface area contributed by atoms with Gasteiger partial charge in [0.15, 0.2) is 16.6 Å². The summed E-state index contributed by atoms with van der Waals surface area (Å²) in [7, 11) is 0. The number of carbonyl (C=O) groups is 1. The summed E-state index contributed by atoms with van der Waals surface area (Å²) in [5.41, 5.74) is 2.99. The molecule has 0 N–H and O–H groups in total. The Morgan fingerprint density at radius 1 is 1.30 bits per heavy atom. The lowest BCUT2D eigenvalue weighted by atomic mass is 9.87. The summed E-state index contributed by atoms with van der Waals surface area (Å²) in [4.78, 5) is 19.6. The fourth-order valence-electron chi connectivity index (χ4n) is 3.80. The molecular weight excluding hydrogens is 376 g/mol. The second-order valence-electron chi connectivity index (χ2n) is 6.91. The topological polar surface area (TPSA) is 60.2 Å². The number of aryl methyl sites for hydroxylation is 1. The van der Waals surface area contributed by atoms with E-state index in [1.807, 2.05) is 34.7 Å². The zero-order valence-electron chi connectivity index (χ0n) is 14.9. The Kier molecular flexibility index (Phi) is 4.21. The van der Waals surface area contributed by atoms with Gasteiger partial charge in [0.1, 0.15) is 11.2 Å². The van der Waals surface area contributed by atoms with Crippen molar-refractivity contribution in [3.05, 3.63) is 52.7 Å².